The van der Waals surface area contributed by atoms with Crippen LogP contribution < -0.4 is 10.6 Å². The summed E-state index contributed by atoms with van der Waals surface area (Å²) in [5.74, 6) is -0.256. The molecule has 0 bridgehead atoms. The van der Waals surface area contributed by atoms with Crippen molar-refractivity contribution < 1.29 is 14.0 Å². The van der Waals surface area contributed by atoms with Crippen LogP contribution in [-0.2, 0) is 0 Å². The van der Waals surface area contributed by atoms with Gasteiger partial charge in [0.05, 0.1) is 22.2 Å². The Kier molecular flexibility index (Phi) is 6.13. The van der Waals surface area contributed by atoms with Gasteiger partial charge in [-0.05, 0) is 54.8 Å². The number of carbonyl (C=O) groups excluding carboxylic acids is 2. The number of rotatable bonds is 6. The zero-order valence-corrected chi connectivity index (χ0v) is 17.3. The fraction of sp³-hybridized carbons (Fsp3) is 0.200. The molecule has 1 aromatic carbocycles. The van der Waals surface area contributed by atoms with E-state index in [0.29, 0.717) is 9.88 Å². The van der Waals surface area contributed by atoms with Gasteiger partial charge in [0.1, 0.15) is 0 Å². The number of thiophene rings is 1. The average Bonchev–Trinajstić information content (AvgIpc) is 3.30. The number of anilines is 1. The number of nitrogens with one attached hydrogen (secondary N) is 2. The van der Waals surface area contributed by atoms with E-state index in [2.05, 4.69) is 26.6 Å². The molecule has 0 aliphatic heterocycles. The molecule has 0 saturated carbocycles. The van der Waals surface area contributed by atoms with Crippen molar-refractivity contribution in [2.24, 2.45) is 0 Å². The molecule has 2 amide bonds. The standard InChI is InChI=1S/C20H19BrN2O3S/c1-3-15(13-6-8-14(21)9-7-13)22-20(25)18-12(2)11-17(27-18)23-19(24)16-5-4-10-26-16/h4-11,15H,3H2,1-2H3,(H,22,25)(H,23,24). The minimum absolute atomic E-state index is 0.0757. The Morgan fingerprint density at radius 1 is 1.19 bits per heavy atom. The van der Waals surface area contributed by atoms with E-state index in [1.54, 1.807) is 18.2 Å². The predicted octanol–water partition coefficient (Wildman–Crippen LogP) is 5.55. The van der Waals surface area contributed by atoms with E-state index in [1.807, 2.05) is 38.1 Å². The van der Waals surface area contributed by atoms with Crippen LogP contribution >= 0.6 is 27.3 Å². The van der Waals surface area contributed by atoms with Crippen LogP contribution in [-0.4, -0.2) is 11.8 Å². The maximum Gasteiger partial charge on any atom is 0.291 e. The summed E-state index contributed by atoms with van der Waals surface area (Å²) in [6, 6.07) is 12.9. The minimum Gasteiger partial charge on any atom is -0.459 e. The van der Waals surface area contributed by atoms with E-state index in [9.17, 15) is 9.59 Å². The number of hydrogen-bond acceptors (Lipinski definition) is 4. The van der Waals surface area contributed by atoms with Gasteiger partial charge in [-0.1, -0.05) is 35.0 Å². The number of carbonyl (C=O) groups is 2. The van der Waals surface area contributed by atoms with E-state index in [4.69, 9.17) is 4.42 Å². The van der Waals surface area contributed by atoms with Crippen molar-refractivity contribution in [2.45, 2.75) is 26.3 Å². The van der Waals surface area contributed by atoms with Gasteiger partial charge in [-0.2, -0.15) is 0 Å². The average molecular weight is 447 g/mol. The Morgan fingerprint density at radius 3 is 2.56 bits per heavy atom. The second kappa shape index (κ2) is 8.54. The molecule has 3 aromatic rings. The summed E-state index contributed by atoms with van der Waals surface area (Å²) in [4.78, 5) is 25.4. The Labute approximate surface area is 169 Å². The zero-order valence-electron chi connectivity index (χ0n) is 14.9. The lowest BCUT2D eigenvalue weighted by Gasteiger charge is -2.17. The van der Waals surface area contributed by atoms with Gasteiger partial charge in [-0.3, -0.25) is 9.59 Å². The van der Waals surface area contributed by atoms with Crippen molar-refractivity contribution in [2.75, 3.05) is 5.32 Å². The molecule has 0 aliphatic carbocycles. The number of halogens is 1. The molecule has 0 fully saturated rings. The number of benzene rings is 1. The van der Waals surface area contributed by atoms with Crippen LogP contribution in [0.4, 0.5) is 5.00 Å². The molecule has 0 saturated heterocycles. The number of hydrogen-bond donors (Lipinski definition) is 2. The molecule has 7 heteroatoms. The number of amides is 2. The normalized spacial score (nSPS) is 11.8. The summed E-state index contributed by atoms with van der Waals surface area (Å²) in [7, 11) is 0. The fourth-order valence-electron chi connectivity index (χ4n) is 2.69. The van der Waals surface area contributed by atoms with Crippen molar-refractivity contribution in [3.63, 3.8) is 0 Å². The zero-order chi connectivity index (χ0) is 19.4. The largest absolute Gasteiger partial charge is 0.459 e. The molecule has 27 heavy (non-hydrogen) atoms. The first-order chi connectivity index (χ1) is 13.0. The van der Waals surface area contributed by atoms with E-state index in [1.165, 1.54) is 17.6 Å². The van der Waals surface area contributed by atoms with Crippen LogP contribution in [0.2, 0.25) is 0 Å². The van der Waals surface area contributed by atoms with Gasteiger partial charge in [0.15, 0.2) is 5.76 Å². The molecule has 2 aromatic heterocycles. The minimum atomic E-state index is -0.338. The predicted molar refractivity (Wildman–Crippen MR) is 110 cm³/mol. The van der Waals surface area contributed by atoms with Crippen LogP contribution in [0.25, 0.3) is 0 Å². The molecule has 0 spiro atoms. The van der Waals surface area contributed by atoms with E-state index in [0.717, 1.165) is 22.0 Å². The van der Waals surface area contributed by atoms with Crippen LogP contribution in [0, 0.1) is 6.92 Å². The smallest absolute Gasteiger partial charge is 0.291 e. The Morgan fingerprint density at radius 2 is 1.93 bits per heavy atom. The van der Waals surface area contributed by atoms with Gasteiger partial charge in [0, 0.05) is 4.47 Å². The highest BCUT2D eigenvalue weighted by atomic mass is 79.9. The Bertz CT molecular complexity index is 933. The van der Waals surface area contributed by atoms with Crippen LogP contribution in [0.15, 0.2) is 57.6 Å². The molecular formula is C20H19BrN2O3S. The molecular weight excluding hydrogens is 428 g/mol. The monoisotopic (exact) mass is 446 g/mol. The highest BCUT2D eigenvalue weighted by Crippen LogP contribution is 2.28. The summed E-state index contributed by atoms with van der Waals surface area (Å²) in [5.41, 5.74) is 1.87. The van der Waals surface area contributed by atoms with Gasteiger partial charge in [-0.25, -0.2) is 0 Å². The molecule has 3 rings (SSSR count). The van der Waals surface area contributed by atoms with E-state index >= 15 is 0 Å². The van der Waals surface area contributed by atoms with Gasteiger partial charge < -0.3 is 15.1 Å². The van der Waals surface area contributed by atoms with Crippen molar-refractivity contribution in [3.8, 4) is 0 Å². The quantitative estimate of drug-likeness (QED) is 0.521. The summed E-state index contributed by atoms with van der Waals surface area (Å²) < 4.78 is 6.09. The third-order valence-corrected chi connectivity index (χ3v) is 5.77. The van der Waals surface area contributed by atoms with Crippen molar-refractivity contribution >= 4 is 44.1 Å². The molecule has 1 atom stereocenters. The van der Waals surface area contributed by atoms with Crippen LogP contribution in [0.1, 0.15) is 50.7 Å². The van der Waals surface area contributed by atoms with Gasteiger partial charge in [-0.15, -0.1) is 11.3 Å². The van der Waals surface area contributed by atoms with Crippen molar-refractivity contribution in [1.29, 1.82) is 0 Å². The van der Waals surface area contributed by atoms with E-state index < -0.39 is 0 Å². The molecule has 1 unspecified atom stereocenters. The van der Waals surface area contributed by atoms with Crippen molar-refractivity contribution in [1.82, 2.24) is 5.32 Å². The lowest BCUT2D eigenvalue weighted by molar-refractivity contribution is 0.0938. The summed E-state index contributed by atoms with van der Waals surface area (Å²) in [5, 5.41) is 6.45. The molecule has 2 heterocycles. The Balaban J connectivity index is 1.71. The molecule has 2 N–H and O–H groups in total. The van der Waals surface area contributed by atoms with Gasteiger partial charge >= 0.3 is 0 Å². The SMILES string of the molecule is CCC(NC(=O)c1sc(NC(=O)c2ccco2)cc1C)c1ccc(Br)cc1. The summed E-state index contributed by atoms with van der Waals surface area (Å²) in [6.07, 6.45) is 2.22. The third-order valence-electron chi connectivity index (χ3n) is 4.09. The Hall–Kier alpha value is -2.38. The lowest BCUT2D eigenvalue weighted by Crippen LogP contribution is -2.27. The molecule has 0 aliphatic rings. The second-order valence-electron chi connectivity index (χ2n) is 6.04. The second-order valence-corrected chi connectivity index (χ2v) is 8.01. The number of aryl methyl sites for hydroxylation is 1. The highest BCUT2D eigenvalue weighted by molar-refractivity contribution is 9.10. The van der Waals surface area contributed by atoms with Crippen molar-refractivity contribution in [3.05, 3.63) is 75.0 Å². The van der Waals surface area contributed by atoms with Crippen LogP contribution in [0.5, 0.6) is 0 Å². The molecule has 5 nitrogen and oxygen atoms in total. The first-order valence-electron chi connectivity index (χ1n) is 8.49. The number of furan rings is 1. The van der Waals surface area contributed by atoms with Gasteiger partial charge in [0.25, 0.3) is 11.8 Å². The van der Waals surface area contributed by atoms with Gasteiger partial charge in [0.2, 0.25) is 0 Å². The summed E-state index contributed by atoms with van der Waals surface area (Å²) in [6.45, 7) is 3.89. The maximum atomic E-state index is 12.8. The summed E-state index contributed by atoms with van der Waals surface area (Å²) >= 11 is 4.67. The first kappa shape index (κ1) is 19.4. The topological polar surface area (TPSA) is 71.3 Å². The third kappa shape index (κ3) is 4.67. The molecule has 140 valence electrons. The maximum absolute atomic E-state index is 12.8. The lowest BCUT2D eigenvalue weighted by atomic mass is 10.0. The highest BCUT2D eigenvalue weighted by Gasteiger charge is 2.19. The fourth-order valence-corrected chi connectivity index (χ4v) is 3.93. The van der Waals surface area contributed by atoms with E-state index in [-0.39, 0.29) is 23.6 Å². The first-order valence-corrected chi connectivity index (χ1v) is 10.1. The molecule has 0 radical (unpaired) electrons. The van der Waals surface area contributed by atoms with Crippen LogP contribution in [0.3, 0.4) is 0 Å².